The van der Waals surface area contributed by atoms with Gasteiger partial charge in [-0.2, -0.15) is 0 Å². The number of rotatable bonds is 13. The van der Waals surface area contributed by atoms with Crippen LogP contribution in [-0.2, 0) is 30.5 Å². The molecule has 0 spiro atoms. The average molecular weight is 464 g/mol. The molecule has 1 aromatic rings. The van der Waals surface area contributed by atoms with E-state index in [4.69, 9.17) is 9.47 Å². The fourth-order valence-electron chi connectivity index (χ4n) is 3.08. The zero-order valence-electron chi connectivity index (χ0n) is 20.2. The first-order chi connectivity index (χ1) is 15.6. The van der Waals surface area contributed by atoms with Crippen molar-refractivity contribution in [3.05, 3.63) is 35.9 Å². The quantitative estimate of drug-likeness (QED) is 0.386. The molecule has 184 valence electrons. The Hall–Kier alpha value is -3.10. The standard InChI is InChI=1S/C24H37N3O6/c1-6-32-21(28)14-25-22(29)19(12-16(2)3)26-23(30)20(13-17(4)5)27-24(31)33-15-18-10-8-7-9-11-18/h7-11,16-17,19-20H,6,12-15H2,1-5H3,(H,25,29)(H,26,30)(H,27,31)/t19-,20-/m1/s1. The Labute approximate surface area is 196 Å². The van der Waals surface area contributed by atoms with E-state index in [1.54, 1.807) is 6.92 Å². The van der Waals surface area contributed by atoms with E-state index in [9.17, 15) is 19.2 Å². The lowest BCUT2D eigenvalue weighted by Gasteiger charge is -2.25. The van der Waals surface area contributed by atoms with Gasteiger partial charge in [0.25, 0.3) is 0 Å². The van der Waals surface area contributed by atoms with Crippen LogP contribution in [-0.4, -0.2) is 49.1 Å². The second-order valence-electron chi connectivity index (χ2n) is 8.60. The summed E-state index contributed by atoms with van der Waals surface area (Å²) in [7, 11) is 0. The number of carbonyl (C=O) groups is 4. The molecule has 1 aromatic carbocycles. The van der Waals surface area contributed by atoms with Crippen LogP contribution in [0.15, 0.2) is 30.3 Å². The highest BCUT2D eigenvalue weighted by molar-refractivity contribution is 5.92. The van der Waals surface area contributed by atoms with E-state index in [1.165, 1.54) is 0 Å². The summed E-state index contributed by atoms with van der Waals surface area (Å²) in [5.41, 5.74) is 0.827. The summed E-state index contributed by atoms with van der Waals surface area (Å²) in [6.07, 6.45) is 0.0186. The van der Waals surface area contributed by atoms with Crippen molar-refractivity contribution in [3.63, 3.8) is 0 Å². The van der Waals surface area contributed by atoms with Crippen LogP contribution in [0.4, 0.5) is 4.79 Å². The number of nitrogens with one attached hydrogen (secondary N) is 3. The second kappa shape index (κ2) is 14.9. The minimum absolute atomic E-state index is 0.0783. The van der Waals surface area contributed by atoms with Crippen molar-refractivity contribution >= 4 is 23.9 Å². The number of amides is 3. The van der Waals surface area contributed by atoms with E-state index in [2.05, 4.69) is 16.0 Å². The molecule has 0 aliphatic heterocycles. The molecule has 1 rings (SSSR count). The van der Waals surface area contributed by atoms with Crippen molar-refractivity contribution in [2.75, 3.05) is 13.2 Å². The molecule has 33 heavy (non-hydrogen) atoms. The zero-order chi connectivity index (χ0) is 24.8. The molecule has 0 aliphatic carbocycles. The molecule has 0 saturated heterocycles. The lowest BCUT2D eigenvalue weighted by molar-refractivity contribution is -0.143. The van der Waals surface area contributed by atoms with Crippen LogP contribution in [0.1, 0.15) is 53.0 Å². The van der Waals surface area contributed by atoms with Crippen molar-refractivity contribution in [3.8, 4) is 0 Å². The molecule has 2 atom stereocenters. The van der Waals surface area contributed by atoms with Crippen molar-refractivity contribution in [1.82, 2.24) is 16.0 Å². The maximum absolute atomic E-state index is 13.0. The molecule has 0 aliphatic rings. The van der Waals surface area contributed by atoms with Gasteiger partial charge in [-0.25, -0.2) is 4.79 Å². The number of hydrogen-bond acceptors (Lipinski definition) is 6. The molecule has 0 heterocycles. The van der Waals surface area contributed by atoms with Gasteiger partial charge in [-0.15, -0.1) is 0 Å². The third-order valence-corrected chi connectivity index (χ3v) is 4.58. The SMILES string of the molecule is CCOC(=O)CNC(=O)[C@@H](CC(C)C)NC(=O)[C@@H](CC(C)C)NC(=O)OCc1ccccc1. The van der Waals surface area contributed by atoms with Gasteiger partial charge in [0, 0.05) is 0 Å². The fourth-order valence-corrected chi connectivity index (χ4v) is 3.08. The molecule has 0 bridgehead atoms. The molecule has 0 unspecified atom stereocenters. The zero-order valence-corrected chi connectivity index (χ0v) is 20.2. The summed E-state index contributed by atoms with van der Waals surface area (Å²) in [6, 6.07) is 7.47. The van der Waals surface area contributed by atoms with Crippen molar-refractivity contribution in [2.45, 2.75) is 66.2 Å². The molecule has 3 amide bonds. The van der Waals surface area contributed by atoms with E-state index in [-0.39, 0.29) is 31.6 Å². The molecule has 0 fully saturated rings. The first-order valence-corrected chi connectivity index (χ1v) is 11.3. The molecule has 0 aromatic heterocycles. The fraction of sp³-hybridized carbons (Fsp3) is 0.583. The van der Waals surface area contributed by atoms with E-state index in [0.29, 0.717) is 12.8 Å². The van der Waals surface area contributed by atoms with Crippen LogP contribution in [0, 0.1) is 11.8 Å². The normalized spacial score (nSPS) is 12.6. The maximum atomic E-state index is 13.0. The van der Waals surface area contributed by atoms with Gasteiger partial charge in [-0.1, -0.05) is 58.0 Å². The van der Waals surface area contributed by atoms with E-state index in [0.717, 1.165) is 5.56 Å². The average Bonchev–Trinajstić information content (AvgIpc) is 2.75. The summed E-state index contributed by atoms with van der Waals surface area (Å²) in [4.78, 5) is 49.4. The lowest BCUT2D eigenvalue weighted by Crippen LogP contribution is -2.54. The molecular formula is C24H37N3O6. The number of benzene rings is 1. The van der Waals surface area contributed by atoms with E-state index >= 15 is 0 Å². The van der Waals surface area contributed by atoms with Gasteiger partial charge in [0.1, 0.15) is 25.2 Å². The first-order valence-electron chi connectivity index (χ1n) is 11.3. The van der Waals surface area contributed by atoms with Gasteiger partial charge < -0.3 is 25.4 Å². The largest absolute Gasteiger partial charge is 0.465 e. The highest BCUT2D eigenvalue weighted by Crippen LogP contribution is 2.10. The molecular weight excluding hydrogens is 426 g/mol. The summed E-state index contributed by atoms with van der Waals surface area (Å²) >= 11 is 0. The van der Waals surface area contributed by atoms with Gasteiger partial charge in [0.05, 0.1) is 6.61 Å². The number of ether oxygens (including phenoxy) is 2. The maximum Gasteiger partial charge on any atom is 0.408 e. The molecule has 9 nitrogen and oxygen atoms in total. The smallest absolute Gasteiger partial charge is 0.408 e. The summed E-state index contributed by atoms with van der Waals surface area (Å²) < 4.78 is 10.0. The minimum atomic E-state index is -0.874. The van der Waals surface area contributed by atoms with E-state index < -0.39 is 36.0 Å². The Balaban J connectivity index is 2.76. The Kier molecular flexibility index (Phi) is 12.6. The Morgan fingerprint density at radius 3 is 1.94 bits per heavy atom. The highest BCUT2D eigenvalue weighted by Gasteiger charge is 2.28. The van der Waals surface area contributed by atoms with Gasteiger partial charge in [0.15, 0.2) is 0 Å². The Bertz CT molecular complexity index is 767. The second-order valence-corrected chi connectivity index (χ2v) is 8.60. The number of carbonyl (C=O) groups excluding carboxylic acids is 4. The van der Waals surface area contributed by atoms with Crippen LogP contribution in [0.3, 0.4) is 0 Å². The molecule has 0 radical (unpaired) electrons. The third-order valence-electron chi connectivity index (χ3n) is 4.58. The highest BCUT2D eigenvalue weighted by atomic mass is 16.5. The third kappa shape index (κ3) is 11.9. The number of hydrogen-bond donors (Lipinski definition) is 3. The summed E-state index contributed by atoms with van der Waals surface area (Å²) in [5, 5.41) is 7.82. The lowest BCUT2D eigenvalue weighted by atomic mass is 10.00. The molecule has 9 heteroatoms. The number of esters is 1. The Morgan fingerprint density at radius 1 is 0.818 bits per heavy atom. The van der Waals surface area contributed by atoms with Gasteiger partial charge in [-0.3, -0.25) is 14.4 Å². The summed E-state index contributed by atoms with van der Waals surface area (Å²) in [5.74, 6) is -1.31. The topological polar surface area (TPSA) is 123 Å². The number of alkyl carbamates (subject to hydrolysis) is 1. The van der Waals surface area contributed by atoms with Crippen molar-refractivity contribution < 1.29 is 28.7 Å². The predicted octanol–water partition coefficient (Wildman–Crippen LogP) is 2.54. The van der Waals surface area contributed by atoms with Gasteiger partial charge >= 0.3 is 12.1 Å². The van der Waals surface area contributed by atoms with Crippen LogP contribution >= 0.6 is 0 Å². The van der Waals surface area contributed by atoms with Crippen LogP contribution in [0.5, 0.6) is 0 Å². The predicted molar refractivity (Wildman–Crippen MR) is 124 cm³/mol. The van der Waals surface area contributed by atoms with Crippen LogP contribution in [0.2, 0.25) is 0 Å². The van der Waals surface area contributed by atoms with Gasteiger partial charge in [-0.05, 0) is 37.2 Å². The van der Waals surface area contributed by atoms with Gasteiger partial charge in [0.2, 0.25) is 11.8 Å². The van der Waals surface area contributed by atoms with Crippen molar-refractivity contribution in [2.24, 2.45) is 11.8 Å². The molecule has 0 saturated carbocycles. The monoisotopic (exact) mass is 463 g/mol. The molecule has 3 N–H and O–H groups in total. The van der Waals surface area contributed by atoms with Crippen LogP contribution < -0.4 is 16.0 Å². The van der Waals surface area contributed by atoms with Crippen LogP contribution in [0.25, 0.3) is 0 Å². The van der Waals surface area contributed by atoms with Crippen molar-refractivity contribution in [1.29, 1.82) is 0 Å². The Morgan fingerprint density at radius 2 is 1.39 bits per heavy atom. The minimum Gasteiger partial charge on any atom is -0.465 e. The first kappa shape index (κ1) is 27.9. The van der Waals surface area contributed by atoms with E-state index in [1.807, 2.05) is 58.0 Å². The summed E-state index contributed by atoms with van der Waals surface area (Å²) in [6.45, 7) is 9.37.